The van der Waals surface area contributed by atoms with Crippen LogP contribution in [0.15, 0.2) is 23.1 Å². The van der Waals surface area contributed by atoms with Crippen LogP contribution in [-0.2, 0) is 20.9 Å². The van der Waals surface area contributed by atoms with E-state index in [1.54, 1.807) is 0 Å². The van der Waals surface area contributed by atoms with Crippen LogP contribution in [0.1, 0.15) is 35.2 Å². The first-order chi connectivity index (χ1) is 11.6. The fraction of sp³-hybridized carbons (Fsp3) is 0.533. The van der Waals surface area contributed by atoms with E-state index in [1.807, 2.05) is 0 Å². The standard InChI is InChI=1S/C15H19F3N2O4S.ClH/c1-24-14(21)12-5-4-11(9-13(12)15(16,17)18)25(22,23)20-8-6-10-3-2-7-19-10;/h4-5,9-10,19-20H,2-3,6-8H2,1H3;1H/t10-;/m1./s1. The highest BCUT2D eigenvalue weighted by molar-refractivity contribution is 7.89. The monoisotopic (exact) mass is 416 g/mol. The number of methoxy groups -OCH3 is 1. The molecule has 148 valence electrons. The second-order valence-electron chi connectivity index (χ2n) is 5.68. The smallest absolute Gasteiger partial charge is 0.417 e. The lowest BCUT2D eigenvalue weighted by Crippen LogP contribution is -2.31. The van der Waals surface area contributed by atoms with Gasteiger partial charge in [0.15, 0.2) is 0 Å². The summed E-state index contributed by atoms with van der Waals surface area (Å²) in [7, 11) is -3.16. The van der Waals surface area contributed by atoms with Crippen molar-refractivity contribution in [3.63, 3.8) is 0 Å². The maximum absolute atomic E-state index is 13.1. The Kier molecular flexibility index (Phi) is 7.87. The average Bonchev–Trinajstić information content (AvgIpc) is 3.06. The van der Waals surface area contributed by atoms with Gasteiger partial charge in [-0.15, -0.1) is 12.4 Å². The maximum atomic E-state index is 13.1. The minimum Gasteiger partial charge on any atom is -0.465 e. The fourth-order valence-corrected chi connectivity index (χ4v) is 3.74. The number of ether oxygens (including phenoxy) is 1. The molecule has 1 fully saturated rings. The number of hydrogen-bond donors (Lipinski definition) is 2. The number of halogens is 4. The van der Waals surface area contributed by atoms with E-state index in [1.165, 1.54) is 0 Å². The van der Waals surface area contributed by atoms with Crippen LogP contribution in [0.4, 0.5) is 13.2 Å². The van der Waals surface area contributed by atoms with Crippen LogP contribution in [0.2, 0.25) is 0 Å². The van der Waals surface area contributed by atoms with Gasteiger partial charge < -0.3 is 10.1 Å². The van der Waals surface area contributed by atoms with Gasteiger partial charge in [0.1, 0.15) is 0 Å². The van der Waals surface area contributed by atoms with Gasteiger partial charge in [-0.2, -0.15) is 13.2 Å². The van der Waals surface area contributed by atoms with Crippen LogP contribution in [0.25, 0.3) is 0 Å². The lowest BCUT2D eigenvalue weighted by atomic mass is 10.1. The minimum atomic E-state index is -4.89. The molecule has 1 atom stereocenters. The summed E-state index contributed by atoms with van der Waals surface area (Å²) in [4.78, 5) is 10.9. The first-order valence-electron chi connectivity index (χ1n) is 7.68. The molecule has 1 heterocycles. The summed E-state index contributed by atoms with van der Waals surface area (Å²) in [5.74, 6) is -1.18. The maximum Gasteiger partial charge on any atom is 0.417 e. The van der Waals surface area contributed by atoms with Crippen molar-refractivity contribution in [1.82, 2.24) is 10.0 Å². The van der Waals surface area contributed by atoms with Crippen molar-refractivity contribution < 1.29 is 31.1 Å². The van der Waals surface area contributed by atoms with Gasteiger partial charge in [0.2, 0.25) is 10.0 Å². The highest BCUT2D eigenvalue weighted by Crippen LogP contribution is 2.34. The van der Waals surface area contributed by atoms with Gasteiger partial charge in [-0.3, -0.25) is 0 Å². The first kappa shape index (κ1) is 22.7. The first-order valence-corrected chi connectivity index (χ1v) is 9.16. The normalized spacial score (nSPS) is 17.6. The number of hydrogen-bond acceptors (Lipinski definition) is 5. The van der Waals surface area contributed by atoms with E-state index >= 15 is 0 Å². The van der Waals surface area contributed by atoms with Crippen LogP contribution in [0.5, 0.6) is 0 Å². The molecule has 0 aliphatic carbocycles. The van der Waals surface area contributed by atoms with Crippen molar-refractivity contribution in [2.45, 2.75) is 36.4 Å². The van der Waals surface area contributed by atoms with E-state index in [0.29, 0.717) is 12.5 Å². The number of alkyl halides is 3. The molecule has 0 saturated carbocycles. The molecule has 1 aliphatic heterocycles. The van der Waals surface area contributed by atoms with Crippen molar-refractivity contribution in [1.29, 1.82) is 0 Å². The Morgan fingerprint density at radius 2 is 2.08 bits per heavy atom. The van der Waals surface area contributed by atoms with Crippen molar-refractivity contribution in [2.75, 3.05) is 20.2 Å². The molecule has 2 rings (SSSR count). The summed E-state index contributed by atoms with van der Waals surface area (Å²) in [6.45, 7) is 0.988. The molecule has 0 bridgehead atoms. The predicted octanol–water partition coefficient (Wildman–Crippen LogP) is 2.33. The molecule has 1 saturated heterocycles. The molecule has 11 heteroatoms. The molecule has 2 N–H and O–H groups in total. The average molecular weight is 417 g/mol. The lowest BCUT2D eigenvalue weighted by molar-refractivity contribution is -0.138. The number of benzene rings is 1. The van der Waals surface area contributed by atoms with Gasteiger partial charge >= 0.3 is 12.1 Å². The molecule has 1 aromatic rings. The molecule has 6 nitrogen and oxygen atoms in total. The Labute approximate surface area is 155 Å². The molecule has 26 heavy (non-hydrogen) atoms. The fourth-order valence-electron chi connectivity index (χ4n) is 2.67. The Morgan fingerprint density at radius 1 is 1.38 bits per heavy atom. The van der Waals surface area contributed by atoms with E-state index < -0.39 is 38.2 Å². The van der Waals surface area contributed by atoms with Crippen molar-refractivity contribution in [3.05, 3.63) is 29.3 Å². The zero-order chi connectivity index (χ0) is 18.7. The molecule has 0 spiro atoms. The summed E-state index contributed by atoms with van der Waals surface area (Å²) in [6.07, 6.45) is -2.39. The van der Waals surface area contributed by atoms with Gasteiger partial charge in [-0.05, 0) is 44.0 Å². The second kappa shape index (κ2) is 9.03. The van der Waals surface area contributed by atoms with Crippen LogP contribution in [0.3, 0.4) is 0 Å². The Morgan fingerprint density at radius 3 is 2.62 bits per heavy atom. The number of carbonyl (C=O) groups excluding carboxylic acids is 1. The summed E-state index contributed by atoms with van der Waals surface area (Å²) >= 11 is 0. The van der Waals surface area contributed by atoms with Crippen molar-refractivity contribution in [2.24, 2.45) is 0 Å². The quantitative estimate of drug-likeness (QED) is 0.695. The van der Waals surface area contributed by atoms with E-state index in [0.717, 1.165) is 38.6 Å². The molecule has 0 radical (unpaired) electrons. The zero-order valence-electron chi connectivity index (χ0n) is 13.9. The number of carbonyl (C=O) groups is 1. The number of sulfonamides is 1. The van der Waals surface area contributed by atoms with E-state index in [9.17, 15) is 26.4 Å². The number of esters is 1. The summed E-state index contributed by atoms with van der Waals surface area (Å²) < 4.78 is 70.5. The highest BCUT2D eigenvalue weighted by Gasteiger charge is 2.37. The Bertz CT molecular complexity index is 735. The summed E-state index contributed by atoms with van der Waals surface area (Å²) in [5.41, 5.74) is -2.08. The van der Waals surface area contributed by atoms with Crippen LogP contribution in [-0.4, -0.2) is 40.6 Å². The minimum absolute atomic E-state index is 0. The van der Waals surface area contributed by atoms with Crippen LogP contribution < -0.4 is 10.0 Å². The van der Waals surface area contributed by atoms with Gasteiger partial charge in [-0.1, -0.05) is 0 Å². The van der Waals surface area contributed by atoms with E-state index in [2.05, 4.69) is 14.8 Å². The van der Waals surface area contributed by atoms with Crippen LogP contribution in [0, 0.1) is 0 Å². The topological polar surface area (TPSA) is 84.5 Å². The number of nitrogens with one attached hydrogen (secondary N) is 2. The third kappa shape index (κ3) is 5.57. The van der Waals surface area contributed by atoms with Crippen molar-refractivity contribution >= 4 is 28.4 Å². The largest absolute Gasteiger partial charge is 0.465 e. The Balaban J connectivity index is 0.00000338. The number of rotatable bonds is 6. The summed E-state index contributed by atoms with van der Waals surface area (Å²) in [6, 6.07) is 2.41. The second-order valence-corrected chi connectivity index (χ2v) is 7.44. The van der Waals surface area contributed by atoms with Crippen molar-refractivity contribution in [3.8, 4) is 0 Å². The Hall–Kier alpha value is -1.36. The highest BCUT2D eigenvalue weighted by atomic mass is 35.5. The lowest BCUT2D eigenvalue weighted by Gasteiger charge is -2.14. The molecular formula is C15H20ClF3N2O4S. The molecule has 1 aliphatic rings. The van der Waals surface area contributed by atoms with Gasteiger partial charge in [-0.25, -0.2) is 17.9 Å². The third-order valence-corrected chi connectivity index (χ3v) is 5.42. The molecule has 1 aromatic carbocycles. The van der Waals surface area contributed by atoms with E-state index in [-0.39, 0.29) is 25.0 Å². The van der Waals surface area contributed by atoms with Gasteiger partial charge in [0.05, 0.1) is 23.1 Å². The molecule has 0 amide bonds. The predicted molar refractivity (Wildman–Crippen MR) is 90.9 cm³/mol. The van der Waals surface area contributed by atoms with E-state index in [4.69, 9.17) is 0 Å². The zero-order valence-corrected chi connectivity index (χ0v) is 15.6. The molecular weight excluding hydrogens is 397 g/mol. The van der Waals surface area contributed by atoms with Gasteiger partial charge in [0.25, 0.3) is 0 Å². The molecule has 0 aromatic heterocycles. The van der Waals surface area contributed by atoms with Gasteiger partial charge in [0, 0.05) is 12.6 Å². The SMILES string of the molecule is COC(=O)c1ccc(S(=O)(=O)NCC[C@H]2CCCN2)cc1C(F)(F)F.Cl. The third-order valence-electron chi connectivity index (χ3n) is 3.96. The summed E-state index contributed by atoms with van der Waals surface area (Å²) in [5, 5.41) is 3.20. The molecule has 0 unspecified atom stereocenters. The van der Waals surface area contributed by atoms with Crippen LogP contribution >= 0.6 is 12.4 Å².